The van der Waals surface area contributed by atoms with Crippen molar-refractivity contribution in [2.24, 2.45) is 0 Å². The van der Waals surface area contributed by atoms with Crippen molar-refractivity contribution >= 4 is 11.9 Å². The predicted molar refractivity (Wildman–Crippen MR) is 80.2 cm³/mol. The van der Waals surface area contributed by atoms with Crippen molar-refractivity contribution in [3.8, 4) is 5.75 Å². The highest BCUT2D eigenvalue weighted by molar-refractivity contribution is 5.83. The van der Waals surface area contributed by atoms with Crippen molar-refractivity contribution in [2.45, 2.75) is 52.8 Å². The number of nitrogens with zero attached hydrogens (tertiary/aromatic N) is 1. The van der Waals surface area contributed by atoms with Gasteiger partial charge in [0.05, 0.1) is 6.10 Å². The van der Waals surface area contributed by atoms with Crippen LogP contribution in [0.25, 0.3) is 0 Å². The monoisotopic (exact) mass is 293 g/mol. The van der Waals surface area contributed by atoms with Gasteiger partial charge in [0.2, 0.25) is 5.91 Å². The van der Waals surface area contributed by atoms with Crippen molar-refractivity contribution in [3.63, 3.8) is 0 Å². The molecule has 0 saturated heterocycles. The number of carbonyl (C=O) groups excluding carboxylic acids is 1. The van der Waals surface area contributed by atoms with E-state index < -0.39 is 12.0 Å². The van der Waals surface area contributed by atoms with E-state index >= 15 is 0 Å². The molecule has 1 aromatic carbocycles. The fourth-order valence-electron chi connectivity index (χ4n) is 2.30. The molecule has 0 heterocycles. The van der Waals surface area contributed by atoms with E-state index in [-0.39, 0.29) is 18.1 Å². The first kappa shape index (κ1) is 17.0. The summed E-state index contributed by atoms with van der Waals surface area (Å²) >= 11 is 0. The third kappa shape index (κ3) is 4.48. The molecule has 5 nitrogen and oxygen atoms in total. The summed E-state index contributed by atoms with van der Waals surface area (Å²) in [5.74, 6) is -0.728. The average Bonchev–Trinajstić information content (AvgIpc) is 2.33. The van der Waals surface area contributed by atoms with Gasteiger partial charge in [-0.2, -0.15) is 0 Å². The van der Waals surface area contributed by atoms with Gasteiger partial charge in [0.1, 0.15) is 5.75 Å². The Balaban J connectivity index is 3.22. The summed E-state index contributed by atoms with van der Waals surface area (Å²) < 4.78 is 5.59. The molecule has 116 valence electrons. The van der Waals surface area contributed by atoms with Gasteiger partial charge < -0.3 is 14.7 Å². The van der Waals surface area contributed by atoms with Crippen LogP contribution in [0.2, 0.25) is 0 Å². The summed E-state index contributed by atoms with van der Waals surface area (Å²) in [4.78, 5) is 24.8. The summed E-state index contributed by atoms with van der Waals surface area (Å²) in [5, 5.41) is 9.53. The molecule has 1 rings (SSSR count). The van der Waals surface area contributed by atoms with Crippen LogP contribution in [0.3, 0.4) is 0 Å². The highest BCUT2D eigenvalue weighted by Crippen LogP contribution is 2.27. The Bertz CT molecular complexity index is 511. The smallest absolute Gasteiger partial charge is 0.331 e. The molecule has 1 aromatic rings. The lowest BCUT2D eigenvalue weighted by atomic mass is 10.0. The average molecular weight is 293 g/mol. The lowest BCUT2D eigenvalue weighted by molar-refractivity contribution is -0.151. The summed E-state index contributed by atoms with van der Waals surface area (Å²) in [6, 6.07) is 5.66. The number of hydrogen-bond acceptors (Lipinski definition) is 3. The number of carboxylic acid groups (broad SMARTS) is 1. The quantitative estimate of drug-likeness (QED) is 0.875. The fourth-order valence-corrected chi connectivity index (χ4v) is 2.30. The van der Waals surface area contributed by atoms with Gasteiger partial charge >= 0.3 is 5.97 Å². The largest absolute Gasteiger partial charge is 0.491 e. The molecule has 0 radical (unpaired) electrons. The standard InChI is InChI=1S/C16H23NO4/c1-10(2)17(12(5)18)15(16(19)20)13-7-6-8-14(9-13)21-11(3)4/h6-11,15H,1-5H3,(H,19,20). The molecular formula is C16H23NO4. The van der Waals surface area contributed by atoms with Gasteiger partial charge in [0, 0.05) is 13.0 Å². The highest BCUT2D eigenvalue weighted by Gasteiger charge is 2.31. The van der Waals surface area contributed by atoms with Crippen LogP contribution in [-0.4, -0.2) is 34.0 Å². The maximum absolute atomic E-state index is 11.8. The second kappa shape index (κ2) is 7.11. The number of carboxylic acids is 1. The zero-order valence-corrected chi connectivity index (χ0v) is 13.2. The van der Waals surface area contributed by atoms with E-state index in [9.17, 15) is 14.7 Å². The molecule has 0 fully saturated rings. The third-order valence-electron chi connectivity index (χ3n) is 2.98. The predicted octanol–water partition coefficient (Wildman–Crippen LogP) is 2.86. The minimum atomic E-state index is -1.06. The summed E-state index contributed by atoms with van der Waals surface area (Å²) in [7, 11) is 0. The number of carbonyl (C=O) groups is 2. The Morgan fingerprint density at radius 3 is 2.24 bits per heavy atom. The molecule has 21 heavy (non-hydrogen) atoms. The lowest BCUT2D eigenvalue weighted by Gasteiger charge is -2.32. The molecular weight excluding hydrogens is 270 g/mol. The first-order chi connectivity index (χ1) is 9.73. The van der Waals surface area contributed by atoms with Gasteiger partial charge in [-0.25, -0.2) is 4.79 Å². The number of rotatable bonds is 6. The van der Waals surface area contributed by atoms with Crippen LogP contribution in [0.15, 0.2) is 24.3 Å². The Morgan fingerprint density at radius 2 is 1.81 bits per heavy atom. The normalized spacial score (nSPS) is 12.3. The van der Waals surface area contributed by atoms with E-state index in [1.165, 1.54) is 11.8 Å². The lowest BCUT2D eigenvalue weighted by Crippen LogP contribution is -2.42. The van der Waals surface area contributed by atoms with Gasteiger partial charge in [-0.3, -0.25) is 4.79 Å². The van der Waals surface area contributed by atoms with Crippen molar-refractivity contribution in [1.82, 2.24) is 4.90 Å². The minimum absolute atomic E-state index is 0.00228. The van der Waals surface area contributed by atoms with Crippen molar-refractivity contribution in [2.75, 3.05) is 0 Å². The summed E-state index contributed by atoms with van der Waals surface area (Å²) in [6.07, 6.45) is -0.00228. The van der Waals surface area contributed by atoms with E-state index in [0.717, 1.165) is 0 Å². The first-order valence-electron chi connectivity index (χ1n) is 7.02. The van der Waals surface area contributed by atoms with Crippen LogP contribution >= 0.6 is 0 Å². The van der Waals surface area contributed by atoms with Crippen LogP contribution < -0.4 is 4.74 Å². The van der Waals surface area contributed by atoms with Crippen molar-refractivity contribution in [3.05, 3.63) is 29.8 Å². The van der Waals surface area contributed by atoms with Crippen molar-refractivity contribution in [1.29, 1.82) is 0 Å². The van der Waals surface area contributed by atoms with E-state index in [1.807, 2.05) is 13.8 Å². The maximum Gasteiger partial charge on any atom is 0.331 e. The molecule has 1 atom stereocenters. The molecule has 0 saturated carbocycles. The Morgan fingerprint density at radius 1 is 1.19 bits per heavy atom. The summed E-state index contributed by atoms with van der Waals surface area (Å²) in [6.45, 7) is 8.77. The molecule has 0 spiro atoms. The molecule has 5 heteroatoms. The van der Waals surface area contributed by atoms with Crippen LogP contribution in [0.1, 0.15) is 46.2 Å². The number of hydrogen-bond donors (Lipinski definition) is 1. The van der Waals surface area contributed by atoms with Crippen molar-refractivity contribution < 1.29 is 19.4 Å². The highest BCUT2D eigenvalue weighted by atomic mass is 16.5. The van der Waals surface area contributed by atoms with E-state index in [2.05, 4.69) is 0 Å². The number of benzene rings is 1. The Labute approximate surface area is 125 Å². The van der Waals surface area contributed by atoms with Gasteiger partial charge in [-0.1, -0.05) is 12.1 Å². The van der Waals surface area contributed by atoms with Gasteiger partial charge in [0.25, 0.3) is 0 Å². The number of aliphatic carboxylic acids is 1. The fraction of sp³-hybridized carbons (Fsp3) is 0.500. The molecule has 0 aliphatic carbocycles. The maximum atomic E-state index is 11.8. The Kier molecular flexibility index (Phi) is 5.76. The number of ether oxygens (including phenoxy) is 1. The first-order valence-corrected chi connectivity index (χ1v) is 7.02. The molecule has 0 aliphatic heterocycles. The van der Waals surface area contributed by atoms with Crippen LogP contribution in [0.4, 0.5) is 0 Å². The second-order valence-corrected chi connectivity index (χ2v) is 5.50. The van der Waals surface area contributed by atoms with E-state index in [1.54, 1.807) is 38.1 Å². The zero-order chi connectivity index (χ0) is 16.2. The van der Waals surface area contributed by atoms with Gasteiger partial charge in [-0.15, -0.1) is 0 Å². The minimum Gasteiger partial charge on any atom is -0.491 e. The Hall–Kier alpha value is -2.04. The number of amides is 1. The van der Waals surface area contributed by atoms with E-state index in [0.29, 0.717) is 11.3 Å². The molecule has 1 amide bonds. The van der Waals surface area contributed by atoms with Crippen LogP contribution in [0, 0.1) is 0 Å². The SMILES string of the molecule is CC(=O)N(C(C)C)C(C(=O)O)c1cccc(OC(C)C)c1. The van der Waals surface area contributed by atoms with Gasteiger partial charge in [-0.05, 0) is 45.4 Å². The van der Waals surface area contributed by atoms with Crippen LogP contribution in [0.5, 0.6) is 5.75 Å². The molecule has 0 aliphatic rings. The molecule has 1 unspecified atom stereocenters. The van der Waals surface area contributed by atoms with Gasteiger partial charge in [0.15, 0.2) is 6.04 Å². The molecule has 0 aromatic heterocycles. The zero-order valence-electron chi connectivity index (χ0n) is 13.2. The second-order valence-electron chi connectivity index (χ2n) is 5.50. The van der Waals surface area contributed by atoms with Crippen LogP contribution in [-0.2, 0) is 9.59 Å². The van der Waals surface area contributed by atoms with E-state index in [4.69, 9.17) is 4.74 Å². The molecule has 1 N–H and O–H groups in total. The summed E-state index contributed by atoms with van der Waals surface area (Å²) in [5.41, 5.74) is 0.532. The third-order valence-corrected chi connectivity index (χ3v) is 2.98. The molecule has 0 bridgehead atoms. The topological polar surface area (TPSA) is 66.8 Å².